The van der Waals surface area contributed by atoms with Gasteiger partial charge in [0.05, 0.1) is 11.7 Å². The van der Waals surface area contributed by atoms with Gasteiger partial charge < -0.3 is 4.90 Å². The molecule has 1 aromatic carbocycles. The summed E-state index contributed by atoms with van der Waals surface area (Å²) in [7, 11) is 1.61. The number of imide groups is 1. The first-order valence-corrected chi connectivity index (χ1v) is 10.1. The number of ketones is 1. The van der Waals surface area contributed by atoms with E-state index >= 15 is 0 Å². The van der Waals surface area contributed by atoms with Crippen LogP contribution in [-0.2, 0) is 9.59 Å². The summed E-state index contributed by atoms with van der Waals surface area (Å²) >= 11 is 6.35. The molecule has 0 saturated carbocycles. The third-order valence-electron chi connectivity index (χ3n) is 6.23. The Bertz CT molecular complexity index is 1050. The Morgan fingerprint density at radius 1 is 1.17 bits per heavy atom. The SMILES string of the molecule is CC(=O)C(C)N1C(=O)C2C(N=C3N(c4ccc(C)c(Cl)c4)C(C)=C(C)N32)N(C)C1=O. The molecule has 1 aromatic rings. The van der Waals surface area contributed by atoms with Crippen LogP contribution in [0.25, 0.3) is 0 Å². The van der Waals surface area contributed by atoms with Gasteiger partial charge in [-0.2, -0.15) is 0 Å². The van der Waals surface area contributed by atoms with E-state index in [9.17, 15) is 14.4 Å². The molecule has 3 atom stereocenters. The molecule has 1 fully saturated rings. The van der Waals surface area contributed by atoms with E-state index in [0.717, 1.165) is 27.5 Å². The molecule has 0 aromatic heterocycles. The molecule has 9 heteroatoms. The lowest BCUT2D eigenvalue weighted by Crippen LogP contribution is -2.67. The lowest BCUT2D eigenvalue weighted by atomic mass is 10.1. The average Bonchev–Trinajstić information content (AvgIpc) is 3.18. The molecule has 158 valence electrons. The van der Waals surface area contributed by atoms with Crippen LogP contribution in [0.1, 0.15) is 33.3 Å². The van der Waals surface area contributed by atoms with Crippen LogP contribution in [0.15, 0.2) is 34.6 Å². The molecule has 1 saturated heterocycles. The summed E-state index contributed by atoms with van der Waals surface area (Å²) in [6.07, 6.45) is -0.665. The van der Waals surface area contributed by atoms with Gasteiger partial charge in [-0.05, 0) is 52.3 Å². The van der Waals surface area contributed by atoms with Crippen molar-refractivity contribution in [2.75, 3.05) is 11.9 Å². The number of likely N-dealkylation sites (N-methyl/N-ethyl adjacent to an activating group) is 1. The molecule has 0 radical (unpaired) electrons. The van der Waals surface area contributed by atoms with Gasteiger partial charge in [-0.1, -0.05) is 17.7 Å². The molecule has 3 amide bonds. The normalized spacial score (nSPS) is 24.4. The van der Waals surface area contributed by atoms with E-state index in [2.05, 4.69) is 0 Å². The van der Waals surface area contributed by atoms with Crippen molar-refractivity contribution in [1.82, 2.24) is 14.7 Å². The van der Waals surface area contributed by atoms with Crippen LogP contribution < -0.4 is 4.90 Å². The number of urea groups is 1. The number of hydrogen-bond acceptors (Lipinski definition) is 6. The van der Waals surface area contributed by atoms with Crippen LogP contribution in [0.5, 0.6) is 0 Å². The Kier molecular flexibility index (Phi) is 4.65. The minimum absolute atomic E-state index is 0.247. The molecular formula is C21H24ClN5O3. The molecule has 3 aliphatic heterocycles. The second-order valence-corrected chi connectivity index (χ2v) is 8.39. The number of benzene rings is 1. The van der Waals surface area contributed by atoms with Gasteiger partial charge in [0.25, 0.3) is 5.91 Å². The van der Waals surface area contributed by atoms with Crippen molar-refractivity contribution in [3.05, 3.63) is 40.2 Å². The summed E-state index contributed by atoms with van der Waals surface area (Å²) < 4.78 is 0. The molecule has 3 aliphatic rings. The highest BCUT2D eigenvalue weighted by Gasteiger charge is 2.57. The Morgan fingerprint density at radius 2 is 1.83 bits per heavy atom. The summed E-state index contributed by atoms with van der Waals surface area (Å²) in [5.41, 5.74) is 3.58. The first-order valence-electron chi connectivity index (χ1n) is 9.77. The fourth-order valence-electron chi connectivity index (χ4n) is 4.14. The Labute approximate surface area is 180 Å². The van der Waals surface area contributed by atoms with Crippen LogP contribution >= 0.6 is 11.6 Å². The first-order chi connectivity index (χ1) is 14.1. The van der Waals surface area contributed by atoms with E-state index in [0.29, 0.717) is 11.0 Å². The zero-order valence-electron chi connectivity index (χ0n) is 17.8. The molecule has 0 aliphatic carbocycles. The summed E-state index contributed by atoms with van der Waals surface area (Å²) in [6.45, 7) is 8.76. The fourth-order valence-corrected chi connectivity index (χ4v) is 4.32. The number of Topliss-reactive ketones (excluding diaryl/α,β-unsaturated/α-hetero) is 1. The number of rotatable bonds is 3. The average molecular weight is 430 g/mol. The zero-order valence-corrected chi connectivity index (χ0v) is 18.6. The second-order valence-electron chi connectivity index (χ2n) is 7.99. The van der Waals surface area contributed by atoms with Crippen LogP contribution in [-0.4, -0.2) is 63.7 Å². The minimum atomic E-state index is -0.836. The number of amides is 3. The largest absolute Gasteiger partial charge is 0.328 e. The number of aliphatic imine (C=N–C) groups is 1. The highest BCUT2D eigenvalue weighted by Crippen LogP contribution is 2.40. The van der Waals surface area contributed by atoms with Crippen LogP contribution in [0.3, 0.4) is 0 Å². The number of hydrogen-bond donors (Lipinski definition) is 0. The van der Waals surface area contributed by atoms with Crippen molar-refractivity contribution < 1.29 is 14.4 Å². The predicted molar refractivity (Wildman–Crippen MR) is 114 cm³/mol. The Hall–Kier alpha value is -2.87. The molecular weight excluding hydrogens is 406 g/mol. The molecule has 8 nitrogen and oxygen atoms in total. The highest BCUT2D eigenvalue weighted by atomic mass is 35.5. The number of allylic oxidation sites excluding steroid dienone is 2. The van der Waals surface area contributed by atoms with Gasteiger partial charge in [-0.3, -0.25) is 24.3 Å². The van der Waals surface area contributed by atoms with Crippen molar-refractivity contribution in [3.8, 4) is 0 Å². The standard InChI is InChI=1S/C21H24ClN5O3/c1-10-7-8-15(9-16(10)22)25-11(2)12(3)26-17-18(23-20(25)26)24(6)21(30)27(19(17)29)13(4)14(5)28/h7-9,13,17-18H,1-6H3. The zero-order chi connectivity index (χ0) is 22.1. The number of fused-ring (bicyclic) bond motifs is 3. The molecule has 30 heavy (non-hydrogen) atoms. The number of carbonyl (C=O) groups is 3. The summed E-state index contributed by atoms with van der Waals surface area (Å²) in [5.74, 6) is -0.0887. The van der Waals surface area contributed by atoms with Crippen LogP contribution in [0.4, 0.5) is 10.5 Å². The fraction of sp³-hybridized carbons (Fsp3) is 0.429. The summed E-state index contributed by atoms with van der Waals surface area (Å²) in [5, 5.41) is 0.636. The number of carbonyl (C=O) groups excluding carboxylic acids is 3. The lowest BCUT2D eigenvalue weighted by Gasteiger charge is -2.42. The first kappa shape index (κ1) is 20.4. The van der Waals surface area contributed by atoms with Crippen LogP contribution in [0, 0.1) is 6.92 Å². The van der Waals surface area contributed by atoms with E-state index in [1.807, 2.05) is 48.8 Å². The van der Waals surface area contributed by atoms with Gasteiger partial charge in [0.2, 0.25) is 5.96 Å². The van der Waals surface area contributed by atoms with Crippen molar-refractivity contribution in [2.45, 2.75) is 52.9 Å². The number of nitrogens with zero attached hydrogens (tertiary/aromatic N) is 5. The Morgan fingerprint density at radius 3 is 2.43 bits per heavy atom. The van der Waals surface area contributed by atoms with Gasteiger partial charge in [0, 0.05) is 23.5 Å². The number of halogens is 1. The Balaban J connectivity index is 1.79. The number of guanidine groups is 1. The van der Waals surface area contributed by atoms with Gasteiger partial charge in [0.1, 0.15) is 0 Å². The molecule has 0 spiro atoms. The summed E-state index contributed by atoms with van der Waals surface area (Å²) in [4.78, 5) is 49.3. The van der Waals surface area contributed by atoms with E-state index in [4.69, 9.17) is 16.6 Å². The van der Waals surface area contributed by atoms with Crippen molar-refractivity contribution in [2.24, 2.45) is 4.99 Å². The van der Waals surface area contributed by atoms with Gasteiger partial charge in [0.15, 0.2) is 18.0 Å². The topological polar surface area (TPSA) is 76.5 Å². The molecule has 0 N–H and O–H groups in total. The van der Waals surface area contributed by atoms with E-state index in [1.54, 1.807) is 14.0 Å². The molecule has 3 heterocycles. The van der Waals surface area contributed by atoms with Gasteiger partial charge in [-0.25, -0.2) is 9.79 Å². The van der Waals surface area contributed by atoms with E-state index in [1.165, 1.54) is 11.8 Å². The van der Waals surface area contributed by atoms with E-state index in [-0.39, 0.29) is 5.78 Å². The second kappa shape index (κ2) is 6.84. The minimum Gasteiger partial charge on any atom is -0.302 e. The maximum Gasteiger partial charge on any atom is 0.328 e. The van der Waals surface area contributed by atoms with E-state index < -0.39 is 30.2 Å². The number of aryl methyl sites for hydroxylation is 1. The maximum absolute atomic E-state index is 13.4. The third kappa shape index (κ3) is 2.66. The molecule has 0 bridgehead atoms. The highest BCUT2D eigenvalue weighted by molar-refractivity contribution is 6.31. The quantitative estimate of drug-likeness (QED) is 0.738. The smallest absolute Gasteiger partial charge is 0.302 e. The van der Waals surface area contributed by atoms with Crippen LogP contribution in [0.2, 0.25) is 5.02 Å². The maximum atomic E-state index is 13.4. The molecule has 4 rings (SSSR count). The van der Waals surface area contributed by atoms with Crippen molar-refractivity contribution in [3.63, 3.8) is 0 Å². The summed E-state index contributed by atoms with van der Waals surface area (Å²) in [6, 6.07) is 3.68. The third-order valence-corrected chi connectivity index (χ3v) is 6.64. The van der Waals surface area contributed by atoms with Crippen molar-refractivity contribution >= 4 is 41.0 Å². The number of anilines is 1. The molecule has 3 unspecified atom stereocenters. The monoisotopic (exact) mass is 429 g/mol. The van der Waals surface area contributed by atoms with Crippen molar-refractivity contribution in [1.29, 1.82) is 0 Å². The van der Waals surface area contributed by atoms with Gasteiger partial charge >= 0.3 is 6.03 Å². The lowest BCUT2D eigenvalue weighted by molar-refractivity contribution is -0.142. The predicted octanol–water partition coefficient (Wildman–Crippen LogP) is 2.96. The van der Waals surface area contributed by atoms with Gasteiger partial charge in [-0.15, -0.1) is 0 Å².